The van der Waals surface area contributed by atoms with Gasteiger partial charge in [0.1, 0.15) is 0 Å². The number of fused-ring (bicyclic) bond motifs is 1. The van der Waals surface area contributed by atoms with Gasteiger partial charge in [0, 0.05) is 41.8 Å². The number of nitrogens with zero attached hydrogens (tertiary/aromatic N) is 1. The van der Waals surface area contributed by atoms with Crippen molar-refractivity contribution in [1.29, 1.82) is 0 Å². The van der Waals surface area contributed by atoms with Gasteiger partial charge in [-0.1, -0.05) is 0 Å². The van der Waals surface area contributed by atoms with E-state index < -0.39 is 0 Å². The summed E-state index contributed by atoms with van der Waals surface area (Å²) in [5.74, 6) is 1.27. The molecule has 1 aliphatic rings. The molecule has 0 aliphatic carbocycles. The van der Waals surface area contributed by atoms with Crippen molar-refractivity contribution in [1.82, 2.24) is 10.3 Å². The lowest BCUT2D eigenvalue weighted by atomic mass is 9.96. The molecule has 0 radical (unpaired) electrons. The van der Waals surface area contributed by atoms with Crippen LogP contribution in [-0.4, -0.2) is 31.5 Å². The maximum atomic E-state index is 12.4. The van der Waals surface area contributed by atoms with Crippen molar-refractivity contribution in [3.8, 4) is 11.5 Å². The van der Waals surface area contributed by atoms with Crippen LogP contribution in [0.3, 0.4) is 0 Å². The summed E-state index contributed by atoms with van der Waals surface area (Å²) < 4.78 is 10.7. The van der Waals surface area contributed by atoms with E-state index >= 15 is 0 Å². The van der Waals surface area contributed by atoms with Crippen molar-refractivity contribution in [2.24, 2.45) is 0 Å². The molecule has 0 amide bonds. The number of benzene rings is 1. The molecule has 1 aromatic heterocycles. The van der Waals surface area contributed by atoms with Gasteiger partial charge in [-0.3, -0.25) is 9.78 Å². The third-order valence-electron chi connectivity index (χ3n) is 3.83. The van der Waals surface area contributed by atoms with Gasteiger partial charge in [-0.15, -0.1) is 0 Å². The van der Waals surface area contributed by atoms with Crippen LogP contribution in [-0.2, 0) is 6.42 Å². The highest BCUT2D eigenvalue weighted by Gasteiger charge is 2.19. The molecule has 3 rings (SSSR count). The van der Waals surface area contributed by atoms with Crippen LogP contribution in [0.25, 0.3) is 5.70 Å². The quantitative estimate of drug-likeness (QED) is 0.694. The van der Waals surface area contributed by atoms with E-state index in [0.29, 0.717) is 17.1 Å². The van der Waals surface area contributed by atoms with Crippen LogP contribution in [0.1, 0.15) is 21.5 Å². The normalized spacial score (nSPS) is 14.8. The van der Waals surface area contributed by atoms with Crippen molar-refractivity contribution in [2.45, 2.75) is 6.42 Å². The standard InChI is InChI=1S/C18H18N2O3/c1-22-17-8-12-5-7-20-15(14(12)9-18(17)23-2)10-16(21)13-4-3-6-19-11-13/h3-4,6,8-11,20H,5,7H2,1-2H3. The molecular weight excluding hydrogens is 292 g/mol. The zero-order valence-corrected chi connectivity index (χ0v) is 13.1. The van der Waals surface area contributed by atoms with Crippen LogP contribution in [0.15, 0.2) is 42.7 Å². The second kappa shape index (κ2) is 6.52. The number of allylic oxidation sites excluding steroid dienone is 1. The number of hydrogen-bond donors (Lipinski definition) is 1. The van der Waals surface area contributed by atoms with Crippen molar-refractivity contribution in [2.75, 3.05) is 20.8 Å². The lowest BCUT2D eigenvalue weighted by Crippen LogP contribution is -2.23. The Balaban J connectivity index is 2.01. The number of ether oxygens (including phenoxy) is 2. The predicted octanol–water partition coefficient (Wildman–Crippen LogP) is 2.47. The monoisotopic (exact) mass is 310 g/mol. The van der Waals surface area contributed by atoms with Crippen molar-refractivity contribution < 1.29 is 14.3 Å². The van der Waals surface area contributed by atoms with Crippen LogP contribution in [0.4, 0.5) is 0 Å². The van der Waals surface area contributed by atoms with E-state index in [-0.39, 0.29) is 5.78 Å². The van der Waals surface area contributed by atoms with E-state index in [1.807, 2.05) is 12.1 Å². The van der Waals surface area contributed by atoms with Crippen LogP contribution in [0.2, 0.25) is 0 Å². The summed E-state index contributed by atoms with van der Waals surface area (Å²) in [4.78, 5) is 16.4. The molecule has 1 aliphatic heterocycles. The average molecular weight is 310 g/mol. The lowest BCUT2D eigenvalue weighted by molar-refractivity contribution is 0.104. The summed E-state index contributed by atoms with van der Waals surface area (Å²) in [7, 11) is 3.22. The second-order valence-electron chi connectivity index (χ2n) is 5.21. The van der Waals surface area contributed by atoms with E-state index in [1.165, 1.54) is 0 Å². The van der Waals surface area contributed by atoms with Gasteiger partial charge in [-0.2, -0.15) is 0 Å². The number of carbonyl (C=O) groups is 1. The number of ketones is 1. The first-order valence-electron chi connectivity index (χ1n) is 7.38. The molecule has 0 saturated carbocycles. The fraction of sp³-hybridized carbons (Fsp3) is 0.222. The average Bonchev–Trinajstić information content (AvgIpc) is 2.61. The SMILES string of the molecule is COc1cc2c(cc1OC)C(=CC(=O)c1cccnc1)NCC2. The van der Waals surface area contributed by atoms with Gasteiger partial charge < -0.3 is 14.8 Å². The molecule has 0 bridgehead atoms. The minimum atomic E-state index is -0.0803. The number of nitrogens with one attached hydrogen (secondary N) is 1. The highest BCUT2D eigenvalue weighted by atomic mass is 16.5. The first-order chi connectivity index (χ1) is 11.2. The zero-order chi connectivity index (χ0) is 16.2. The highest BCUT2D eigenvalue weighted by molar-refractivity contribution is 6.08. The van der Waals surface area contributed by atoms with Crippen LogP contribution >= 0.6 is 0 Å². The van der Waals surface area contributed by atoms with Gasteiger partial charge in [0.15, 0.2) is 17.3 Å². The molecule has 5 heteroatoms. The van der Waals surface area contributed by atoms with Crippen LogP contribution in [0.5, 0.6) is 11.5 Å². The van der Waals surface area contributed by atoms with Crippen molar-refractivity contribution >= 4 is 11.5 Å². The molecule has 1 aromatic carbocycles. The summed E-state index contributed by atoms with van der Waals surface area (Å²) in [5, 5.41) is 3.29. The first kappa shape index (κ1) is 15.1. The summed E-state index contributed by atoms with van der Waals surface area (Å²) in [6.45, 7) is 0.772. The molecular formula is C18H18N2O3. The molecule has 0 spiro atoms. The summed E-state index contributed by atoms with van der Waals surface area (Å²) in [6, 6.07) is 7.38. The molecule has 0 fully saturated rings. The summed E-state index contributed by atoms with van der Waals surface area (Å²) in [5.41, 5.74) is 3.45. The van der Waals surface area contributed by atoms with E-state index in [4.69, 9.17) is 9.47 Å². The van der Waals surface area contributed by atoms with Gasteiger partial charge in [0.05, 0.1) is 14.2 Å². The van der Waals surface area contributed by atoms with Gasteiger partial charge in [-0.25, -0.2) is 0 Å². The molecule has 2 aromatic rings. The predicted molar refractivity (Wildman–Crippen MR) is 87.8 cm³/mol. The van der Waals surface area contributed by atoms with E-state index in [0.717, 1.165) is 29.8 Å². The van der Waals surface area contributed by atoms with Gasteiger partial charge in [-0.05, 0) is 36.2 Å². The Morgan fingerprint density at radius 3 is 2.74 bits per heavy atom. The molecule has 0 atom stereocenters. The second-order valence-corrected chi connectivity index (χ2v) is 5.21. The maximum Gasteiger partial charge on any atom is 0.189 e. The molecule has 0 saturated heterocycles. The molecule has 23 heavy (non-hydrogen) atoms. The first-order valence-corrected chi connectivity index (χ1v) is 7.38. The van der Waals surface area contributed by atoms with E-state index in [2.05, 4.69) is 10.3 Å². The molecule has 5 nitrogen and oxygen atoms in total. The largest absolute Gasteiger partial charge is 0.493 e. The molecule has 2 heterocycles. The Morgan fingerprint density at radius 2 is 2.04 bits per heavy atom. The summed E-state index contributed by atoms with van der Waals surface area (Å²) >= 11 is 0. The van der Waals surface area contributed by atoms with Gasteiger partial charge >= 0.3 is 0 Å². The van der Waals surface area contributed by atoms with Crippen LogP contribution < -0.4 is 14.8 Å². The Hall–Kier alpha value is -2.82. The fourth-order valence-corrected chi connectivity index (χ4v) is 2.66. The zero-order valence-electron chi connectivity index (χ0n) is 13.1. The molecule has 1 N–H and O–H groups in total. The highest BCUT2D eigenvalue weighted by Crippen LogP contribution is 2.34. The Kier molecular flexibility index (Phi) is 4.28. The smallest absolute Gasteiger partial charge is 0.189 e. The van der Waals surface area contributed by atoms with E-state index in [1.54, 1.807) is 44.8 Å². The molecule has 118 valence electrons. The Bertz CT molecular complexity index is 754. The maximum absolute atomic E-state index is 12.4. The van der Waals surface area contributed by atoms with Gasteiger partial charge in [0.2, 0.25) is 0 Å². The lowest BCUT2D eigenvalue weighted by Gasteiger charge is -2.23. The Morgan fingerprint density at radius 1 is 1.26 bits per heavy atom. The minimum Gasteiger partial charge on any atom is -0.493 e. The number of methoxy groups -OCH3 is 2. The third kappa shape index (κ3) is 3.04. The number of carbonyl (C=O) groups excluding carboxylic acids is 1. The number of pyridine rings is 1. The fourth-order valence-electron chi connectivity index (χ4n) is 2.66. The van der Waals surface area contributed by atoms with Crippen molar-refractivity contribution in [3.63, 3.8) is 0 Å². The van der Waals surface area contributed by atoms with Crippen molar-refractivity contribution in [3.05, 3.63) is 59.4 Å². The molecule has 0 unspecified atom stereocenters. The van der Waals surface area contributed by atoms with Crippen LogP contribution in [0, 0.1) is 0 Å². The Labute approximate surface area is 135 Å². The minimum absolute atomic E-state index is 0.0803. The topological polar surface area (TPSA) is 60.5 Å². The number of rotatable bonds is 4. The third-order valence-corrected chi connectivity index (χ3v) is 3.83. The number of aromatic nitrogens is 1. The van der Waals surface area contributed by atoms with E-state index in [9.17, 15) is 4.79 Å². The van der Waals surface area contributed by atoms with Gasteiger partial charge in [0.25, 0.3) is 0 Å². The number of hydrogen-bond acceptors (Lipinski definition) is 5. The summed E-state index contributed by atoms with van der Waals surface area (Å²) in [6.07, 6.45) is 5.70.